The fourth-order valence-corrected chi connectivity index (χ4v) is 5.58. The maximum Gasteiger partial charge on any atom is 0.272 e. The van der Waals surface area contributed by atoms with Gasteiger partial charge in [-0.2, -0.15) is 0 Å². The molecule has 0 atom stereocenters. The Bertz CT molecular complexity index is 563. The zero-order valence-electron chi connectivity index (χ0n) is 13.2. The van der Waals surface area contributed by atoms with E-state index in [0.717, 1.165) is 42.6 Å². The number of hydrogen-bond acceptors (Lipinski definition) is 2. The summed E-state index contributed by atoms with van der Waals surface area (Å²) in [5.41, 5.74) is 7.20. The molecule has 4 heteroatoms. The quantitative estimate of drug-likeness (QED) is 0.745. The average Bonchev–Trinajstić information content (AvgIpc) is 2.40. The van der Waals surface area contributed by atoms with E-state index < -0.39 is 0 Å². The predicted octanol–water partition coefficient (Wildman–Crippen LogP) is -0.346. The van der Waals surface area contributed by atoms with Crippen molar-refractivity contribution in [2.24, 2.45) is 23.2 Å². The van der Waals surface area contributed by atoms with Crippen molar-refractivity contribution in [3.63, 3.8) is 0 Å². The van der Waals surface area contributed by atoms with E-state index >= 15 is 0 Å². The summed E-state index contributed by atoms with van der Waals surface area (Å²) in [4.78, 5) is 13.0. The second kappa shape index (κ2) is 5.63. The highest BCUT2D eigenvalue weighted by Gasteiger charge is 2.54. The average molecular weight is 365 g/mol. The lowest BCUT2D eigenvalue weighted by atomic mass is 9.48. The molecule has 4 aliphatic rings. The molecule has 4 aliphatic carbocycles. The summed E-state index contributed by atoms with van der Waals surface area (Å²) >= 11 is 0. The first-order valence-corrected chi connectivity index (χ1v) is 8.33. The first kappa shape index (κ1) is 16.0. The number of halogens is 1. The van der Waals surface area contributed by atoms with Crippen LogP contribution < -0.4 is 27.3 Å². The molecule has 4 bridgehead atoms. The molecule has 1 heterocycles. The van der Waals surface area contributed by atoms with E-state index in [1.54, 1.807) is 0 Å². The molecule has 0 aromatic carbocycles. The number of pyridine rings is 1. The van der Waals surface area contributed by atoms with Crippen molar-refractivity contribution in [1.29, 1.82) is 0 Å². The molecule has 0 aliphatic heterocycles. The summed E-state index contributed by atoms with van der Waals surface area (Å²) in [7, 11) is 0. The minimum atomic E-state index is -0.0148. The van der Waals surface area contributed by atoms with E-state index in [9.17, 15) is 4.79 Å². The number of aromatic nitrogens is 1. The number of rotatable bonds is 3. The number of nitrogens with zero attached hydrogens (tertiary/aromatic N) is 1. The van der Waals surface area contributed by atoms with E-state index in [1.165, 1.54) is 19.3 Å². The zero-order valence-corrected chi connectivity index (χ0v) is 14.8. The Kier molecular flexibility index (Phi) is 4.09. The highest BCUT2D eigenvalue weighted by atomic mass is 79.9. The van der Waals surface area contributed by atoms with E-state index in [2.05, 4.69) is 0 Å². The molecule has 0 radical (unpaired) electrons. The molecule has 0 unspecified atom stereocenters. The number of ketones is 1. The van der Waals surface area contributed by atoms with Gasteiger partial charge in [-0.1, -0.05) is 0 Å². The van der Waals surface area contributed by atoms with Crippen LogP contribution in [0.25, 0.3) is 0 Å². The first-order valence-electron chi connectivity index (χ1n) is 8.33. The lowest BCUT2D eigenvalue weighted by molar-refractivity contribution is -0.670. The molecular weight excluding hydrogens is 340 g/mol. The monoisotopic (exact) mass is 364 g/mol. The molecule has 0 saturated heterocycles. The smallest absolute Gasteiger partial charge is 0.272 e. The number of nitrogens with two attached hydrogens (primary N) is 1. The van der Waals surface area contributed by atoms with E-state index in [1.807, 2.05) is 29.8 Å². The van der Waals surface area contributed by atoms with Gasteiger partial charge in [-0.3, -0.25) is 10.5 Å². The van der Waals surface area contributed by atoms with Crippen LogP contribution in [0, 0.1) is 30.1 Å². The van der Waals surface area contributed by atoms with Gasteiger partial charge < -0.3 is 17.0 Å². The van der Waals surface area contributed by atoms with Crippen LogP contribution >= 0.6 is 0 Å². The maximum atomic E-state index is 13.0. The third kappa shape index (κ3) is 2.60. The summed E-state index contributed by atoms with van der Waals surface area (Å²) < 4.78 is 1.92. The largest absolute Gasteiger partial charge is 1.00 e. The van der Waals surface area contributed by atoms with E-state index in [0.29, 0.717) is 18.1 Å². The number of carbonyl (C=O) groups excluding carboxylic acids is 1. The van der Waals surface area contributed by atoms with E-state index in [-0.39, 0.29) is 22.4 Å². The van der Waals surface area contributed by atoms with Crippen LogP contribution in [0.2, 0.25) is 0 Å². The molecule has 1 aromatic rings. The van der Waals surface area contributed by atoms with Crippen molar-refractivity contribution in [3.8, 4) is 0 Å². The van der Waals surface area contributed by atoms with Gasteiger partial charge in [0.25, 0.3) is 5.82 Å². The third-order valence-electron chi connectivity index (χ3n) is 6.17. The number of anilines is 1. The lowest BCUT2D eigenvalue weighted by Crippen LogP contribution is -3.00. The Labute approximate surface area is 143 Å². The number of nitrogen functional groups attached to an aromatic ring is 1. The number of Topliss-reactive ketones (excluding diaryl/α,β-unsaturated/α-hetero) is 1. The highest BCUT2D eigenvalue weighted by molar-refractivity contribution is 5.84. The standard InChI is InChI=1S/C18H24N2O.BrH/c1-12-2-3-20(17(19)4-12)11-16(21)18-8-13-5-14(9-18)7-15(6-13)10-18;/h2-4,13-15,19H,5-11H2,1H3;1H. The fourth-order valence-electron chi connectivity index (χ4n) is 5.58. The van der Waals surface area contributed by atoms with Gasteiger partial charge in [-0.15, -0.1) is 0 Å². The molecule has 2 N–H and O–H groups in total. The van der Waals surface area contributed by atoms with Gasteiger partial charge in [0.1, 0.15) is 6.54 Å². The summed E-state index contributed by atoms with van der Waals surface area (Å²) in [6, 6.07) is 3.98. The third-order valence-corrected chi connectivity index (χ3v) is 6.17. The molecule has 1 aromatic heterocycles. The first-order chi connectivity index (χ1) is 10.0. The molecule has 4 saturated carbocycles. The second-order valence-electron chi connectivity index (χ2n) is 7.88. The minimum absolute atomic E-state index is 0. The van der Waals surface area contributed by atoms with Crippen LogP contribution in [0.15, 0.2) is 18.3 Å². The zero-order chi connectivity index (χ0) is 14.6. The molecule has 22 heavy (non-hydrogen) atoms. The van der Waals surface area contributed by atoms with Crippen molar-refractivity contribution in [3.05, 3.63) is 23.9 Å². The van der Waals surface area contributed by atoms with Crippen molar-refractivity contribution >= 4 is 11.6 Å². The van der Waals surface area contributed by atoms with Gasteiger partial charge in [0.15, 0.2) is 5.78 Å². The van der Waals surface area contributed by atoms with Crippen LogP contribution in [-0.2, 0) is 11.3 Å². The Morgan fingerprint density at radius 2 is 1.77 bits per heavy atom. The highest BCUT2D eigenvalue weighted by Crippen LogP contribution is 2.60. The Morgan fingerprint density at radius 3 is 2.27 bits per heavy atom. The Balaban J connectivity index is 0.00000144. The van der Waals surface area contributed by atoms with Crippen LogP contribution in [0.4, 0.5) is 5.82 Å². The fraction of sp³-hybridized carbons (Fsp3) is 0.667. The molecule has 0 spiro atoms. The molecule has 120 valence electrons. The molecule has 0 amide bonds. The topological polar surface area (TPSA) is 47.0 Å². The van der Waals surface area contributed by atoms with Crippen molar-refractivity contribution < 1.29 is 26.3 Å². The second-order valence-corrected chi connectivity index (χ2v) is 7.88. The van der Waals surface area contributed by atoms with Gasteiger partial charge in [-0.05, 0) is 74.8 Å². The SMILES string of the molecule is Cc1cc[n+](CC(=O)C23CC4CC(CC(C4)C2)C3)c(N)c1.[Br-]. The molecular formula is C18H25BrN2O. The van der Waals surface area contributed by atoms with Crippen LogP contribution in [0.5, 0.6) is 0 Å². The van der Waals surface area contributed by atoms with Gasteiger partial charge in [0.05, 0.1) is 6.20 Å². The van der Waals surface area contributed by atoms with Gasteiger partial charge >= 0.3 is 0 Å². The Hall–Kier alpha value is -0.900. The number of hydrogen-bond donors (Lipinski definition) is 1. The van der Waals surface area contributed by atoms with Gasteiger partial charge in [-0.25, -0.2) is 4.57 Å². The minimum Gasteiger partial charge on any atom is -1.00 e. The van der Waals surface area contributed by atoms with Gasteiger partial charge in [0, 0.05) is 11.5 Å². The van der Waals surface area contributed by atoms with Crippen LogP contribution in [0.3, 0.4) is 0 Å². The normalized spacial score (nSPS) is 35.2. The maximum absolute atomic E-state index is 13.0. The summed E-state index contributed by atoms with van der Waals surface area (Å²) in [6.45, 7) is 2.49. The summed E-state index contributed by atoms with van der Waals surface area (Å²) in [5, 5.41) is 0. The van der Waals surface area contributed by atoms with Crippen molar-refractivity contribution in [2.45, 2.75) is 52.0 Å². The lowest BCUT2D eigenvalue weighted by Gasteiger charge is -2.55. The molecule has 3 nitrogen and oxygen atoms in total. The Morgan fingerprint density at radius 1 is 1.23 bits per heavy atom. The molecule has 5 rings (SSSR count). The number of aryl methyl sites for hydroxylation is 1. The van der Waals surface area contributed by atoms with E-state index in [4.69, 9.17) is 5.73 Å². The molecule has 4 fully saturated rings. The number of carbonyl (C=O) groups is 1. The van der Waals surface area contributed by atoms with Crippen molar-refractivity contribution in [2.75, 3.05) is 5.73 Å². The van der Waals surface area contributed by atoms with Crippen molar-refractivity contribution in [1.82, 2.24) is 0 Å². The summed E-state index contributed by atoms with van der Waals surface area (Å²) in [5.74, 6) is 3.59. The van der Waals surface area contributed by atoms with Crippen LogP contribution in [0.1, 0.15) is 44.1 Å². The predicted molar refractivity (Wildman–Crippen MR) is 81.4 cm³/mol. The van der Waals surface area contributed by atoms with Crippen LogP contribution in [-0.4, -0.2) is 5.78 Å². The summed E-state index contributed by atoms with van der Waals surface area (Å²) in [6.07, 6.45) is 9.53. The van der Waals surface area contributed by atoms with Gasteiger partial charge in [0.2, 0.25) is 0 Å².